The van der Waals surface area contributed by atoms with Crippen molar-refractivity contribution in [3.8, 4) is 6.07 Å². The van der Waals surface area contributed by atoms with E-state index < -0.39 is 0 Å². The number of hydrogen-bond acceptors (Lipinski definition) is 4. The maximum absolute atomic E-state index is 12.2. The highest BCUT2D eigenvalue weighted by atomic mass is 35.5. The Hall–Kier alpha value is -2.62. The molecule has 1 aliphatic carbocycles. The number of pyridine rings is 1. The first kappa shape index (κ1) is 23.1. The Morgan fingerprint density at radius 2 is 1.90 bits per heavy atom. The van der Waals surface area contributed by atoms with Crippen LogP contribution in [-0.2, 0) is 13.0 Å². The molecule has 0 unspecified atom stereocenters. The van der Waals surface area contributed by atoms with E-state index in [9.17, 15) is 4.79 Å². The van der Waals surface area contributed by atoms with Crippen LogP contribution < -0.4 is 10.6 Å². The lowest BCUT2D eigenvalue weighted by Gasteiger charge is -2.33. The van der Waals surface area contributed by atoms with E-state index in [1.165, 1.54) is 30.4 Å². The Labute approximate surface area is 190 Å². The smallest absolute Gasteiger partial charge is 0.319 e. The van der Waals surface area contributed by atoms with Gasteiger partial charge in [0.25, 0.3) is 0 Å². The summed E-state index contributed by atoms with van der Waals surface area (Å²) in [5, 5.41) is 15.0. The second-order valence-corrected chi connectivity index (χ2v) is 8.46. The van der Waals surface area contributed by atoms with Gasteiger partial charge in [-0.05, 0) is 86.4 Å². The highest BCUT2D eigenvalue weighted by molar-refractivity contribution is 5.89. The summed E-state index contributed by atoms with van der Waals surface area (Å²) in [5.74, 6) is 0.744. The standard InChI is InChI=1S/C24H29N5O.ClH/c25-16-19-1-4-21-17-29(14-10-20(21)15-19)13-9-18-2-5-22(6-3-18)27-24(30)28-23-7-11-26-12-8-23;/h1,4,7-8,11-12,15,18,22H,2-3,5-6,9-10,13-14,17H2,(H2,26,27,28,30);1H. The summed E-state index contributed by atoms with van der Waals surface area (Å²) >= 11 is 0. The van der Waals surface area contributed by atoms with Crippen molar-refractivity contribution in [3.63, 3.8) is 0 Å². The quantitative estimate of drug-likeness (QED) is 0.718. The molecular formula is C24H30ClN5O. The van der Waals surface area contributed by atoms with E-state index in [4.69, 9.17) is 5.26 Å². The number of rotatable bonds is 5. The Balaban J connectivity index is 0.00000272. The van der Waals surface area contributed by atoms with Gasteiger partial charge in [-0.25, -0.2) is 4.79 Å². The van der Waals surface area contributed by atoms with Crippen molar-refractivity contribution in [1.82, 2.24) is 15.2 Å². The molecule has 0 radical (unpaired) electrons. The Kier molecular flexibility index (Phi) is 8.27. The third kappa shape index (κ3) is 6.43. The number of nitrogens with zero attached hydrogens (tertiary/aromatic N) is 3. The molecule has 1 fully saturated rings. The van der Waals surface area contributed by atoms with Crippen LogP contribution in [0, 0.1) is 17.2 Å². The molecule has 1 saturated carbocycles. The molecule has 1 aromatic heterocycles. The lowest BCUT2D eigenvalue weighted by molar-refractivity contribution is 0.205. The number of carbonyl (C=O) groups excluding carboxylic acids is 1. The van der Waals surface area contributed by atoms with Crippen molar-refractivity contribution in [1.29, 1.82) is 5.26 Å². The number of hydrogen-bond donors (Lipinski definition) is 2. The van der Waals surface area contributed by atoms with E-state index in [1.807, 2.05) is 12.1 Å². The largest absolute Gasteiger partial charge is 0.335 e. The van der Waals surface area contributed by atoms with E-state index in [0.29, 0.717) is 0 Å². The number of amides is 2. The van der Waals surface area contributed by atoms with Crippen molar-refractivity contribution in [2.24, 2.45) is 5.92 Å². The van der Waals surface area contributed by atoms with Gasteiger partial charge in [0.1, 0.15) is 0 Å². The lowest BCUT2D eigenvalue weighted by Crippen LogP contribution is -2.40. The van der Waals surface area contributed by atoms with Crippen LogP contribution in [-0.4, -0.2) is 35.0 Å². The van der Waals surface area contributed by atoms with Crippen LogP contribution in [0.25, 0.3) is 0 Å². The molecule has 0 saturated heterocycles. The zero-order valence-corrected chi connectivity index (χ0v) is 18.5. The van der Waals surface area contributed by atoms with Crippen LogP contribution >= 0.6 is 12.4 Å². The molecule has 164 valence electrons. The van der Waals surface area contributed by atoms with Gasteiger partial charge >= 0.3 is 6.03 Å². The molecule has 2 aliphatic rings. The highest BCUT2D eigenvalue weighted by Gasteiger charge is 2.24. The van der Waals surface area contributed by atoms with Crippen LogP contribution in [0.1, 0.15) is 48.8 Å². The molecule has 2 N–H and O–H groups in total. The number of benzene rings is 1. The van der Waals surface area contributed by atoms with Crippen molar-refractivity contribution >= 4 is 24.1 Å². The van der Waals surface area contributed by atoms with Gasteiger partial charge < -0.3 is 10.6 Å². The minimum atomic E-state index is -0.129. The molecular weight excluding hydrogens is 410 g/mol. The van der Waals surface area contributed by atoms with Crippen molar-refractivity contribution in [2.75, 3.05) is 18.4 Å². The van der Waals surface area contributed by atoms with Gasteiger partial charge in [-0.3, -0.25) is 9.88 Å². The zero-order valence-electron chi connectivity index (χ0n) is 17.7. The summed E-state index contributed by atoms with van der Waals surface area (Å²) in [4.78, 5) is 18.7. The predicted molar refractivity (Wildman–Crippen MR) is 124 cm³/mol. The fraction of sp³-hybridized carbons (Fsp3) is 0.458. The molecule has 0 atom stereocenters. The second kappa shape index (κ2) is 11.1. The van der Waals surface area contributed by atoms with Gasteiger partial charge in [0, 0.05) is 37.2 Å². The number of nitriles is 1. The fourth-order valence-corrected chi connectivity index (χ4v) is 4.62. The van der Waals surface area contributed by atoms with Crippen LogP contribution in [0.3, 0.4) is 0 Å². The van der Waals surface area contributed by atoms with Crippen molar-refractivity contribution in [3.05, 3.63) is 59.4 Å². The average Bonchev–Trinajstić information content (AvgIpc) is 2.78. The monoisotopic (exact) mass is 439 g/mol. The Bertz CT molecular complexity index is 906. The molecule has 2 aromatic rings. The average molecular weight is 440 g/mol. The van der Waals surface area contributed by atoms with Gasteiger partial charge in [0.2, 0.25) is 0 Å². The number of carbonyl (C=O) groups is 1. The van der Waals surface area contributed by atoms with Crippen molar-refractivity contribution < 1.29 is 4.79 Å². The topological polar surface area (TPSA) is 81.0 Å². The normalized spacial score (nSPS) is 20.6. The summed E-state index contributed by atoms with van der Waals surface area (Å²) in [6.07, 6.45) is 10.1. The third-order valence-electron chi connectivity index (χ3n) is 6.40. The molecule has 2 amide bonds. The first-order valence-electron chi connectivity index (χ1n) is 10.9. The maximum atomic E-state index is 12.2. The molecule has 2 heterocycles. The van der Waals surface area contributed by atoms with E-state index in [-0.39, 0.29) is 24.5 Å². The summed E-state index contributed by atoms with van der Waals surface area (Å²) in [6, 6.07) is 12.0. The predicted octanol–water partition coefficient (Wildman–Crippen LogP) is 4.50. The summed E-state index contributed by atoms with van der Waals surface area (Å²) < 4.78 is 0. The summed E-state index contributed by atoms with van der Waals surface area (Å²) in [5.41, 5.74) is 4.24. The van der Waals surface area contributed by atoms with Gasteiger partial charge in [0.05, 0.1) is 11.6 Å². The number of halogens is 1. The Morgan fingerprint density at radius 1 is 1.13 bits per heavy atom. The second-order valence-electron chi connectivity index (χ2n) is 8.46. The zero-order chi connectivity index (χ0) is 20.8. The first-order chi connectivity index (χ1) is 14.7. The molecule has 0 spiro atoms. The molecule has 0 bridgehead atoms. The number of anilines is 1. The summed E-state index contributed by atoms with van der Waals surface area (Å²) in [6.45, 7) is 3.20. The fourth-order valence-electron chi connectivity index (χ4n) is 4.62. The molecule has 6 nitrogen and oxygen atoms in total. The number of nitrogens with one attached hydrogen (secondary N) is 2. The summed E-state index contributed by atoms with van der Waals surface area (Å²) in [7, 11) is 0. The van der Waals surface area contributed by atoms with E-state index in [0.717, 1.165) is 56.1 Å². The SMILES string of the molecule is Cl.N#Cc1ccc2c(c1)CCN(CCC1CCC(NC(=O)Nc3ccncc3)CC1)C2. The highest BCUT2D eigenvalue weighted by Crippen LogP contribution is 2.28. The number of aromatic nitrogens is 1. The molecule has 7 heteroatoms. The van der Waals surface area contributed by atoms with Gasteiger partial charge in [-0.2, -0.15) is 5.26 Å². The number of urea groups is 1. The maximum Gasteiger partial charge on any atom is 0.319 e. The van der Waals surface area contributed by atoms with Crippen LogP contribution in [0.15, 0.2) is 42.7 Å². The first-order valence-corrected chi connectivity index (χ1v) is 10.9. The van der Waals surface area contributed by atoms with Crippen LogP contribution in [0.5, 0.6) is 0 Å². The van der Waals surface area contributed by atoms with Crippen molar-refractivity contribution in [2.45, 2.75) is 51.1 Å². The Morgan fingerprint density at radius 3 is 2.65 bits per heavy atom. The molecule has 1 aromatic carbocycles. The third-order valence-corrected chi connectivity index (χ3v) is 6.40. The molecule has 1 aliphatic heterocycles. The van der Waals surface area contributed by atoms with Crippen LogP contribution in [0.4, 0.5) is 10.5 Å². The molecule has 4 rings (SSSR count). The minimum Gasteiger partial charge on any atom is -0.335 e. The van der Waals surface area contributed by atoms with Gasteiger partial charge in [0.15, 0.2) is 0 Å². The van der Waals surface area contributed by atoms with Gasteiger partial charge in [-0.15, -0.1) is 12.4 Å². The van der Waals surface area contributed by atoms with Gasteiger partial charge in [-0.1, -0.05) is 6.07 Å². The lowest BCUT2D eigenvalue weighted by atomic mass is 9.84. The molecule has 31 heavy (non-hydrogen) atoms. The van der Waals surface area contributed by atoms with E-state index >= 15 is 0 Å². The van der Waals surface area contributed by atoms with E-state index in [1.54, 1.807) is 24.5 Å². The minimum absolute atomic E-state index is 0. The van der Waals surface area contributed by atoms with Crippen LogP contribution in [0.2, 0.25) is 0 Å². The van der Waals surface area contributed by atoms with E-state index in [2.05, 4.69) is 32.7 Å². The number of fused-ring (bicyclic) bond motifs is 1.